The number of benzene rings is 1. The van der Waals surface area contributed by atoms with E-state index in [2.05, 4.69) is 19.1 Å². The summed E-state index contributed by atoms with van der Waals surface area (Å²) in [5.41, 5.74) is 0.835. The molecule has 2 N–H and O–H groups in total. The summed E-state index contributed by atoms with van der Waals surface area (Å²) in [6.45, 7) is 2.26. The first-order chi connectivity index (χ1) is 11.3. The van der Waals surface area contributed by atoms with Gasteiger partial charge >= 0.3 is 0 Å². The van der Waals surface area contributed by atoms with Crippen molar-refractivity contribution >= 4 is 0 Å². The van der Waals surface area contributed by atoms with Gasteiger partial charge in [-0.05, 0) is 43.7 Å². The molecular formula is C21H34O2. The van der Waals surface area contributed by atoms with Crippen molar-refractivity contribution < 1.29 is 10.2 Å². The average molecular weight is 319 g/mol. The number of rotatable bonds is 13. The number of hydrogen-bond donors (Lipinski definition) is 2. The third-order valence-electron chi connectivity index (χ3n) is 4.31. The SMILES string of the molecule is CCCCCCCCCC/C=C\CCCc1cccc(O)c1O. The van der Waals surface area contributed by atoms with Gasteiger partial charge in [-0.2, -0.15) is 0 Å². The molecule has 1 aromatic carbocycles. The highest BCUT2D eigenvalue weighted by Crippen LogP contribution is 2.29. The Morgan fingerprint density at radius 1 is 0.783 bits per heavy atom. The summed E-state index contributed by atoms with van der Waals surface area (Å²) in [4.78, 5) is 0. The number of phenolic OH excluding ortho intramolecular Hbond substituents is 2. The Labute approximate surface area is 142 Å². The standard InChI is InChI=1S/C21H34O2/c1-2-3-4-5-6-7-8-9-10-11-12-13-14-16-19-17-15-18-20(22)21(19)23/h11-12,15,17-18,22-23H,2-10,13-14,16H2,1H3/b12-11-. The molecule has 0 bridgehead atoms. The van der Waals surface area contributed by atoms with Gasteiger partial charge in [-0.25, -0.2) is 0 Å². The number of hydrogen-bond acceptors (Lipinski definition) is 2. The van der Waals surface area contributed by atoms with Gasteiger partial charge in [-0.3, -0.25) is 0 Å². The zero-order chi connectivity index (χ0) is 16.8. The van der Waals surface area contributed by atoms with E-state index >= 15 is 0 Å². The maximum atomic E-state index is 9.72. The fourth-order valence-corrected chi connectivity index (χ4v) is 2.82. The Morgan fingerprint density at radius 2 is 1.39 bits per heavy atom. The van der Waals surface area contributed by atoms with Crippen LogP contribution in [-0.4, -0.2) is 10.2 Å². The zero-order valence-corrected chi connectivity index (χ0v) is 14.8. The van der Waals surface area contributed by atoms with E-state index in [4.69, 9.17) is 0 Å². The third-order valence-corrected chi connectivity index (χ3v) is 4.31. The summed E-state index contributed by atoms with van der Waals surface area (Å²) in [6, 6.07) is 5.17. The number of para-hydroxylation sites is 1. The predicted octanol–water partition coefficient (Wildman–Crippen LogP) is 6.51. The van der Waals surface area contributed by atoms with E-state index in [1.807, 2.05) is 6.07 Å². The molecule has 0 spiro atoms. The molecule has 0 aliphatic rings. The van der Waals surface area contributed by atoms with Crippen LogP contribution in [-0.2, 0) is 6.42 Å². The summed E-state index contributed by atoms with van der Waals surface area (Å²) in [5.74, 6) is 0.0168. The number of aromatic hydroxyl groups is 2. The van der Waals surface area contributed by atoms with Crippen molar-refractivity contribution in [3.05, 3.63) is 35.9 Å². The maximum absolute atomic E-state index is 9.72. The molecule has 0 atom stereocenters. The van der Waals surface area contributed by atoms with Gasteiger partial charge in [0.15, 0.2) is 11.5 Å². The first kappa shape index (κ1) is 19.6. The van der Waals surface area contributed by atoms with Crippen LogP contribution >= 0.6 is 0 Å². The number of aryl methyl sites for hydroxylation is 1. The fraction of sp³-hybridized carbons (Fsp3) is 0.619. The normalized spacial score (nSPS) is 11.3. The van der Waals surface area contributed by atoms with Crippen molar-refractivity contribution in [3.8, 4) is 11.5 Å². The van der Waals surface area contributed by atoms with Crippen molar-refractivity contribution in [3.63, 3.8) is 0 Å². The molecule has 0 heterocycles. The lowest BCUT2D eigenvalue weighted by Crippen LogP contribution is -1.86. The predicted molar refractivity (Wildman–Crippen MR) is 99.1 cm³/mol. The second-order valence-electron chi connectivity index (χ2n) is 6.41. The molecule has 0 saturated heterocycles. The Kier molecular flexibility index (Phi) is 11.1. The number of allylic oxidation sites excluding steroid dienone is 2. The highest BCUT2D eigenvalue weighted by molar-refractivity contribution is 5.44. The lowest BCUT2D eigenvalue weighted by molar-refractivity contribution is 0.399. The molecule has 23 heavy (non-hydrogen) atoms. The van der Waals surface area contributed by atoms with Crippen molar-refractivity contribution in [2.75, 3.05) is 0 Å². The van der Waals surface area contributed by atoms with Crippen molar-refractivity contribution in [2.45, 2.75) is 84.0 Å². The Morgan fingerprint density at radius 3 is 2.09 bits per heavy atom. The number of unbranched alkanes of at least 4 members (excludes halogenated alkanes) is 9. The van der Waals surface area contributed by atoms with E-state index in [1.165, 1.54) is 63.9 Å². The quantitative estimate of drug-likeness (QED) is 0.247. The fourth-order valence-electron chi connectivity index (χ4n) is 2.82. The summed E-state index contributed by atoms with van der Waals surface area (Å²) >= 11 is 0. The van der Waals surface area contributed by atoms with Gasteiger partial charge in [0.1, 0.15) is 0 Å². The zero-order valence-electron chi connectivity index (χ0n) is 14.8. The van der Waals surface area contributed by atoms with E-state index in [0.29, 0.717) is 0 Å². The molecule has 0 aliphatic carbocycles. The van der Waals surface area contributed by atoms with Crippen LogP contribution < -0.4 is 0 Å². The second-order valence-corrected chi connectivity index (χ2v) is 6.41. The smallest absolute Gasteiger partial charge is 0.160 e. The van der Waals surface area contributed by atoms with Crippen LogP contribution in [0.25, 0.3) is 0 Å². The van der Waals surface area contributed by atoms with Crippen LogP contribution in [0.4, 0.5) is 0 Å². The molecule has 0 amide bonds. The molecule has 1 rings (SSSR count). The molecular weight excluding hydrogens is 284 g/mol. The van der Waals surface area contributed by atoms with E-state index < -0.39 is 0 Å². The van der Waals surface area contributed by atoms with Crippen LogP contribution in [0.3, 0.4) is 0 Å². The summed E-state index contributed by atoms with van der Waals surface area (Å²) in [7, 11) is 0. The molecule has 0 saturated carbocycles. The minimum Gasteiger partial charge on any atom is -0.504 e. The van der Waals surface area contributed by atoms with Gasteiger partial charge < -0.3 is 10.2 Å². The molecule has 0 aromatic heterocycles. The van der Waals surface area contributed by atoms with E-state index in [0.717, 1.165) is 24.8 Å². The molecule has 2 nitrogen and oxygen atoms in total. The topological polar surface area (TPSA) is 40.5 Å². The molecule has 0 radical (unpaired) electrons. The molecule has 1 aromatic rings. The number of phenols is 2. The van der Waals surface area contributed by atoms with Gasteiger partial charge in [0.25, 0.3) is 0 Å². The van der Waals surface area contributed by atoms with E-state index in [1.54, 1.807) is 6.07 Å². The van der Waals surface area contributed by atoms with Crippen LogP contribution in [0.1, 0.15) is 83.1 Å². The van der Waals surface area contributed by atoms with Gasteiger partial charge in [-0.1, -0.05) is 76.2 Å². The van der Waals surface area contributed by atoms with E-state index in [9.17, 15) is 10.2 Å². The van der Waals surface area contributed by atoms with Gasteiger partial charge in [0.05, 0.1) is 0 Å². The minimum atomic E-state index is -0.0206. The van der Waals surface area contributed by atoms with Gasteiger partial charge in [-0.15, -0.1) is 0 Å². The van der Waals surface area contributed by atoms with Gasteiger partial charge in [0.2, 0.25) is 0 Å². The Balaban J connectivity index is 1.96. The van der Waals surface area contributed by atoms with E-state index in [-0.39, 0.29) is 11.5 Å². The largest absolute Gasteiger partial charge is 0.504 e. The first-order valence-electron chi connectivity index (χ1n) is 9.40. The molecule has 0 fully saturated rings. The Bertz CT molecular complexity index is 437. The summed E-state index contributed by atoms with van der Waals surface area (Å²) < 4.78 is 0. The van der Waals surface area contributed by atoms with Crippen LogP contribution in [0.15, 0.2) is 30.4 Å². The monoisotopic (exact) mass is 318 g/mol. The second kappa shape index (κ2) is 13.0. The maximum Gasteiger partial charge on any atom is 0.160 e. The summed E-state index contributed by atoms with van der Waals surface area (Å²) in [6.07, 6.45) is 19.6. The molecule has 130 valence electrons. The van der Waals surface area contributed by atoms with Crippen LogP contribution in [0.5, 0.6) is 11.5 Å². The summed E-state index contributed by atoms with van der Waals surface area (Å²) in [5, 5.41) is 19.2. The molecule has 2 heteroatoms. The lowest BCUT2D eigenvalue weighted by atomic mass is 10.1. The highest BCUT2D eigenvalue weighted by atomic mass is 16.3. The minimum absolute atomic E-state index is 0.0206. The molecule has 0 aliphatic heterocycles. The lowest BCUT2D eigenvalue weighted by Gasteiger charge is -2.04. The van der Waals surface area contributed by atoms with Crippen LogP contribution in [0.2, 0.25) is 0 Å². The van der Waals surface area contributed by atoms with Crippen molar-refractivity contribution in [1.82, 2.24) is 0 Å². The van der Waals surface area contributed by atoms with Crippen molar-refractivity contribution in [2.24, 2.45) is 0 Å². The Hall–Kier alpha value is -1.44. The molecule has 0 unspecified atom stereocenters. The first-order valence-corrected chi connectivity index (χ1v) is 9.40. The van der Waals surface area contributed by atoms with Crippen molar-refractivity contribution in [1.29, 1.82) is 0 Å². The highest BCUT2D eigenvalue weighted by Gasteiger charge is 2.04. The third kappa shape index (κ3) is 9.32. The average Bonchev–Trinajstić information content (AvgIpc) is 2.55. The van der Waals surface area contributed by atoms with Crippen LogP contribution in [0, 0.1) is 0 Å². The van der Waals surface area contributed by atoms with Gasteiger partial charge in [0, 0.05) is 0 Å².